The van der Waals surface area contributed by atoms with Crippen molar-refractivity contribution in [3.63, 3.8) is 0 Å². The van der Waals surface area contributed by atoms with E-state index in [0.717, 1.165) is 33.0 Å². The zero-order chi connectivity index (χ0) is 18.4. The van der Waals surface area contributed by atoms with E-state index in [0.29, 0.717) is 22.6 Å². The SMILES string of the molecule is Cc1cc(=O)oc2c(C)c3oc(/C(=N\O)c4ccccc4)c(C)c3cc12. The van der Waals surface area contributed by atoms with E-state index in [-0.39, 0.29) is 5.63 Å². The van der Waals surface area contributed by atoms with Crippen LogP contribution in [0.15, 0.2) is 61.2 Å². The molecule has 4 aromatic rings. The molecule has 0 radical (unpaired) electrons. The number of rotatable bonds is 2. The highest BCUT2D eigenvalue weighted by molar-refractivity contribution is 6.14. The molecule has 0 atom stereocenters. The average molecular weight is 347 g/mol. The normalized spacial score (nSPS) is 12.2. The van der Waals surface area contributed by atoms with Crippen LogP contribution >= 0.6 is 0 Å². The molecule has 0 spiro atoms. The average Bonchev–Trinajstić information content (AvgIpc) is 2.95. The molecular formula is C21H17NO4. The van der Waals surface area contributed by atoms with E-state index in [1.54, 1.807) is 0 Å². The molecule has 5 heteroatoms. The van der Waals surface area contributed by atoms with Gasteiger partial charge in [0.05, 0.1) is 0 Å². The van der Waals surface area contributed by atoms with Crippen LogP contribution in [-0.4, -0.2) is 10.9 Å². The van der Waals surface area contributed by atoms with E-state index in [1.807, 2.05) is 57.2 Å². The van der Waals surface area contributed by atoms with Crippen molar-refractivity contribution in [1.82, 2.24) is 0 Å². The predicted molar refractivity (Wildman–Crippen MR) is 100 cm³/mol. The van der Waals surface area contributed by atoms with Crippen molar-refractivity contribution in [3.05, 3.63) is 80.9 Å². The third kappa shape index (κ3) is 2.32. The summed E-state index contributed by atoms with van der Waals surface area (Å²) < 4.78 is 11.5. The maximum atomic E-state index is 11.8. The lowest BCUT2D eigenvalue weighted by Gasteiger charge is -2.04. The second-order valence-electron chi connectivity index (χ2n) is 6.37. The van der Waals surface area contributed by atoms with Crippen molar-refractivity contribution in [2.45, 2.75) is 20.8 Å². The summed E-state index contributed by atoms with van der Waals surface area (Å²) in [6.45, 7) is 5.67. The van der Waals surface area contributed by atoms with Gasteiger partial charge in [0.25, 0.3) is 0 Å². The fourth-order valence-electron chi connectivity index (χ4n) is 3.36. The van der Waals surface area contributed by atoms with Gasteiger partial charge in [-0.1, -0.05) is 35.5 Å². The van der Waals surface area contributed by atoms with Gasteiger partial charge in [0.2, 0.25) is 0 Å². The maximum absolute atomic E-state index is 11.8. The first kappa shape index (κ1) is 16.1. The summed E-state index contributed by atoms with van der Waals surface area (Å²) in [5, 5.41) is 14.8. The van der Waals surface area contributed by atoms with Crippen LogP contribution in [-0.2, 0) is 0 Å². The Bertz CT molecular complexity index is 1230. The molecule has 2 aromatic carbocycles. The Balaban J connectivity index is 2.06. The second kappa shape index (κ2) is 5.88. The zero-order valence-corrected chi connectivity index (χ0v) is 14.7. The van der Waals surface area contributed by atoms with Crippen LogP contribution in [0.2, 0.25) is 0 Å². The Hall–Kier alpha value is -3.34. The van der Waals surface area contributed by atoms with Crippen LogP contribution in [0.5, 0.6) is 0 Å². The van der Waals surface area contributed by atoms with E-state index >= 15 is 0 Å². The molecule has 0 aliphatic carbocycles. The van der Waals surface area contributed by atoms with E-state index in [1.165, 1.54) is 6.07 Å². The summed E-state index contributed by atoms with van der Waals surface area (Å²) in [5.74, 6) is 0.493. The van der Waals surface area contributed by atoms with E-state index < -0.39 is 0 Å². The van der Waals surface area contributed by atoms with Gasteiger partial charge in [-0.25, -0.2) is 4.79 Å². The van der Waals surface area contributed by atoms with Gasteiger partial charge in [-0.15, -0.1) is 0 Å². The van der Waals surface area contributed by atoms with Gasteiger partial charge in [0, 0.05) is 33.5 Å². The number of oxime groups is 1. The lowest BCUT2D eigenvalue weighted by molar-refractivity contribution is 0.318. The third-order valence-corrected chi connectivity index (χ3v) is 4.73. The molecule has 4 rings (SSSR count). The second-order valence-corrected chi connectivity index (χ2v) is 6.37. The lowest BCUT2D eigenvalue weighted by atomic mass is 10.0. The Morgan fingerprint density at radius 2 is 1.62 bits per heavy atom. The van der Waals surface area contributed by atoms with Gasteiger partial charge < -0.3 is 14.0 Å². The maximum Gasteiger partial charge on any atom is 0.336 e. The predicted octanol–water partition coefficient (Wildman–Crippen LogP) is 4.69. The topological polar surface area (TPSA) is 75.9 Å². The number of aryl methyl sites for hydroxylation is 3. The molecular weight excluding hydrogens is 330 g/mol. The number of fused-ring (bicyclic) bond motifs is 2. The van der Waals surface area contributed by atoms with Crippen LogP contribution < -0.4 is 5.63 Å². The number of hydrogen-bond donors (Lipinski definition) is 1. The summed E-state index contributed by atoms with van der Waals surface area (Å²) in [4.78, 5) is 11.8. The van der Waals surface area contributed by atoms with Gasteiger partial charge in [0.1, 0.15) is 11.2 Å². The highest BCUT2D eigenvalue weighted by Crippen LogP contribution is 2.35. The van der Waals surface area contributed by atoms with Gasteiger partial charge >= 0.3 is 5.63 Å². The summed E-state index contributed by atoms with van der Waals surface area (Å²) in [6.07, 6.45) is 0. The summed E-state index contributed by atoms with van der Waals surface area (Å²) in [7, 11) is 0. The van der Waals surface area contributed by atoms with Crippen molar-refractivity contribution in [1.29, 1.82) is 0 Å². The third-order valence-electron chi connectivity index (χ3n) is 4.73. The molecule has 26 heavy (non-hydrogen) atoms. The van der Waals surface area contributed by atoms with Crippen molar-refractivity contribution >= 4 is 27.7 Å². The van der Waals surface area contributed by atoms with Gasteiger partial charge in [0.15, 0.2) is 11.5 Å². The molecule has 1 N–H and O–H groups in total. The molecule has 130 valence electrons. The van der Waals surface area contributed by atoms with E-state index in [4.69, 9.17) is 8.83 Å². The minimum absolute atomic E-state index is 0.362. The molecule has 0 unspecified atom stereocenters. The monoisotopic (exact) mass is 347 g/mol. The first-order chi connectivity index (χ1) is 12.5. The molecule has 0 saturated carbocycles. The minimum atomic E-state index is -0.386. The van der Waals surface area contributed by atoms with Gasteiger partial charge in [-0.2, -0.15) is 0 Å². The zero-order valence-electron chi connectivity index (χ0n) is 14.7. The standard InChI is InChI=1S/C21H17NO4/c1-11-9-17(23)25-19-13(3)20-16(10-15(11)19)12(2)21(26-20)18(22-24)14-7-5-4-6-8-14/h4-10,24H,1-3H3/b22-18-. The fourth-order valence-corrected chi connectivity index (χ4v) is 3.36. The number of nitrogens with zero attached hydrogens (tertiary/aromatic N) is 1. The molecule has 0 aliphatic rings. The smallest absolute Gasteiger partial charge is 0.336 e. The van der Waals surface area contributed by atoms with Crippen LogP contribution in [0.25, 0.3) is 21.9 Å². The van der Waals surface area contributed by atoms with Crippen LogP contribution in [0.3, 0.4) is 0 Å². The van der Waals surface area contributed by atoms with Crippen LogP contribution in [0.4, 0.5) is 0 Å². The van der Waals surface area contributed by atoms with Crippen molar-refractivity contribution in [2.24, 2.45) is 5.16 Å². The lowest BCUT2D eigenvalue weighted by Crippen LogP contribution is -2.03. The number of benzene rings is 2. The minimum Gasteiger partial charge on any atom is -0.454 e. The van der Waals surface area contributed by atoms with Gasteiger partial charge in [-0.05, 0) is 32.4 Å². The summed E-state index contributed by atoms with van der Waals surface area (Å²) >= 11 is 0. The van der Waals surface area contributed by atoms with E-state index in [9.17, 15) is 10.0 Å². The Morgan fingerprint density at radius 3 is 2.31 bits per heavy atom. The van der Waals surface area contributed by atoms with E-state index in [2.05, 4.69) is 5.16 Å². The van der Waals surface area contributed by atoms with Crippen molar-refractivity contribution < 1.29 is 14.0 Å². The van der Waals surface area contributed by atoms with Gasteiger partial charge in [-0.3, -0.25) is 0 Å². The molecule has 2 aromatic heterocycles. The molecule has 2 heterocycles. The number of furan rings is 1. The Morgan fingerprint density at radius 1 is 0.923 bits per heavy atom. The van der Waals surface area contributed by atoms with Crippen molar-refractivity contribution in [3.8, 4) is 0 Å². The summed E-state index contributed by atoms with van der Waals surface area (Å²) in [5.41, 5.74) is 4.33. The molecule has 0 amide bonds. The first-order valence-electron chi connectivity index (χ1n) is 8.26. The van der Waals surface area contributed by atoms with Crippen molar-refractivity contribution in [2.75, 3.05) is 0 Å². The highest BCUT2D eigenvalue weighted by Gasteiger charge is 2.21. The fraction of sp³-hybridized carbons (Fsp3) is 0.143. The molecule has 0 aliphatic heterocycles. The summed E-state index contributed by atoms with van der Waals surface area (Å²) in [6, 6.07) is 12.8. The largest absolute Gasteiger partial charge is 0.454 e. The molecule has 0 fully saturated rings. The quantitative estimate of drug-likeness (QED) is 0.247. The Labute approximate surface area is 149 Å². The molecule has 5 nitrogen and oxygen atoms in total. The Kier molecular flexibility index (Phi) is 3.65. The van der Waals surface area contributed by atoms with Crippen LogP contribution in [0.1, 0.15) is 28.0 Å². The first-order valence-corrected chi connectivity index (χ1v) is 8.26. The molecule has 0 saturated heterocycles. The number of hydrogen-bond acceptors (Lipinski definition) is 5. The molecule has 0 bridgehead atoms. The highest BCUT2D eigenvalue weighted by atomic mass is 16.4. The van der Waals surface area contributed by atoms with Crippen LogP contribution in [0, 0.1) is 20.8 Å².